The van der Waals surface area contributed by atoms with Crippen molar-refractivity contribution in [3.8, 4) is 0 Å². The minimum Gasteiger partial charge on any atom is -0.318 e. The smallest absolute Gasteiger partial charge is 0.274 e. The molecule has 0 radical (unpaired) electrons. The lowest BCUT2D eigenvalue weighted by molar-refractivity contribution is 0.0615. The van der Waals surface area contributed by atoms with E-state index in [0.29, 0.717) is 24.5 Å². The number of carbonyl (C=O) groups excluding carboxylic acids is 1. The molecule has 5 rings (SSSR count). The van der Waals surface area contributed by atoms with Gasteiger partial charge in [-0.1, -0.05) is 69.3 Å². The largest absolute Gasteiger partial charge is 0.318 e. The molecule has 0 bridgehead atoms. The number of benzene rings is 2. The summed E-state index contributed by atoms with van der Waals surface area (Å²) in [4.78, 5) is 28.1. The highest BCUT2D eigenvalue weighted by atomic mass is 16.2. The number of carbonyl (C=O) groups is 1. The second-order valence-electron chi connectivity index (χ2n) is 10.4. The first-order valence-corrected chi connectivity index (χ1v) is 11.7. The van der Waals surface area contributed by atoms with Gasteiger partial charge >= 0.3 is 0 Å². The van der Waals surface area contributed by atoms with Gasteiger partial charge in [-0.25, -0.2) is 0 Å². The zero-order valence-electron chi connectivity index (χ0n) is 19.8. The van der Waals surface area contributed by atoms with Crippen LogP contribution in [0.1, 0.15) is 65.1 Å². The fourth-order valence-electron chi connectivity index (χ4n) is 5.27. The Kier molecular flexibility index (Phi) is 5.15. The molecule has 0 saturated carbocycles. The van der Waals surface area contributed by atoms with E-state index in [-0.39, 0.29) is 22.8 Å². The zero-order valence-corrected chi connectivity index (χ0v) is 19.8. The predicted molar refractivity (Wildman–Crippen MR) is 131 cm³/mol. The van der Waals surface area contributed by atoms with Crippen LogP contribution in [0.4, 0.5) is 0 Å². The Hall–Kier alpha value is -3.34. The van der Waals surface area contributed by atoms with E-state index >= 15 is 0 Å². The maximum absolute atomic E-state index is 13.6. The molecule has 0 atom stereocenters. The van der Waals surface area contributed by atoms with Gasteiger partial charge in [0.25, 0.3) is 5.91 Å². The van der Waals surface area contributed by atoms with Gasteiger partial charge in [0.1, 0.15) is 12.4 Å². The highest BCUT2D eigenvalue weighted by molar-refractivity contribution is 5.95. The van der Waals surface area contributed by atoms with E-state index in [2.05, 4.69) is 74.3 Å². The Bertz CT molecular complexity index is 1240. The normalized spacial score (nSPS) is 16.2. The van der Waals surface area contributed by atoms with Crippen LogP contribution < -0.4 is 10.4 Å². The Morgan fingerprint density at radius 2 is 1.45 bits per heavy atom. The molecule has 2 aliphatic rings. The summed E-state index contributed by atoms with van der Waals surface area (Å²) in [7, 11) is 0. The van der Waals surface area contributed by atoms with E-state index in [1.54, 1.807) is 19.2 Å². The topological polar surface area (TPSA) is 45.6 Å². The number of nitrogens with zero attached hydrogens (tertiary/aromatic N) is 3. The lowest BCUT2D eigenvalue weighted by Gasteiger charge is -2.46. The number of amides is 1. The number of hydrogen-bond donors (Lipinski definition) is 0. The molecule has 1 amide bonds. The van der Waals surface area contributed by atoms with Gasteiger partial charge in [0, 0.05) is 24.4 Å². The van der Waals surface area contributed by atoms with Crippen LogP contribution >= 0.6 is 0 Å². The zero-order chi connectivity index (χ0) is 23.3. The lowest BCUT2D eigenvalue weighted by atomic mass is 9.93. The van der Waals surface area contributed by atoms with Crippen molar-refractivity contribution in [3.05, 3.63) is 105 Å². The summed E-state index contributed by atoms with van der Waals surface area (Å²) in [5.41, 5.74) is 5.98. The van der Waals surface area contributed by atoms with Gasteiger partial charge in [-0.2, -0.15) is 0 Å². The number of aryl methyl sites for hydroxylation is 2. The first-order chi connectivity index (χ1) is 15.7. The van der Waals surface area contributed by atoms with E-state index in [4.69, 9.17) is 0 Å². The minimum atomic E-state index is -0.103. The molecule has 1 aliphatic heterocycles. The monoisotopic (exact) mass is 441 g/mol. The van der Waals surface area contributed by atoms with Gasteiger partial charge in [-0.15, -0.1) is 0 Å². The summed E-state index contributed by atoms with van der Waals surface area (Å²) in [6.07, 6.45) is 3.74. The van der Waals surface area contributed by atoms with Crippen LogP contribution in [0.25, 0.3) is 0 Å². The van der Waals surface area contributed by atoms with Gasteiger partial charge in [0.05, 0.1) is 6.04 Å². The van der Waals surface area contributed by atoms with Crippen molar-refractivity contribution in [2.45, 2.75) is 46.6 Å². The van der Waals surface area contributed by atoms with Crippen molar-refractivity contribution in [3.63, 3.8) is 0 Å². The molecular formula is C28H31N3O2. The SMILES string of the molecule is Cc1c2n(ccc1=O)N(C1c3ccccc3CCc3ccccc31)CN(CC(C)(C)C)C2=O. The van der Waals surface area contributed by atoms with Crippen LogP contribution in [-0.2, 0) is 12.8 Å². The van der Waals surface area contributed by atoms with E-state index in [9.17, 15) is 9.59 Å². The Morgan fingerprint density at radius 3 is 2.03 bits per heavy atom. The molecule has 3 aromatic rings. The third-order valence-corrected chi connectivity index (χ3v) is 6.73. The van der Waals surface area contributed by atoms with Gasteiger partial charge in [0.2, 0.25) is 0 Å². The first-order valence-electron chi connectivity index (χ1n) is 11.7. The quantitative estimate of drug-likeness (QED) is 0.591. The predicted octanol–water partition coefficient (Wildman–Crippen LogP) is 4.44. The molecular weight excluding hydrogens is 410 g/mol. The van der Waals surface area contributed by atoms with Gasteiger partial charge < -0.3 is 4.90 Å². The summed E-state index contributed by atoms with van der Waals surface area (Å²) < 4.78 is 1.93. The highest BCUT2D eigenvalue weighted by Gasteiger charge is 2.38. The summed E-state index contributed by atoms with van der Waals surface area (Å²) in [5, 5.41) is 2.26. The minimum absolute atomic E-state index is 0.0591. The maximum atomic E-state index is 13.6. The van der Waals surface area contributed by atoms with Crippen LogP contribution in [0.3, 0.4) is 0 Å². The third kappa shape index (κ3) is 3.75. The summed E-state index contributed by atoms with van der Waals surface area (Å²) >= 11 is 0. The number of hydrogen-bond acceptors (Lipinski definition) is 3. The highest BCUT2D eigenvalue weighted by Crippen LogP contribution is 2.38. The molecule has 0 fully saturated rings. The summed E-state index contributed by atoms with van der Waals surface area (Å²) in [5.74, 6) is -0.0773. The third-order valence-electron chi connectivity index (χ3n) is 6.73. The summed E-state index contributed by atoms with van der Waals surface area (Å²) in [6.45, 7) is 9.25. The average molecular weight is 442 g/mol. The Morgan fingerprint density at radius 1 is 0.879 bits per heavy atom. The van der Waals surface area contributed by atoms with Gasteiger partial charge in [-0.3, -0.25) is 19.3 Å². The molecule has 170 valence electrons. The van der Waals surface area contributed by atoms with Crippen LogP contribution in [0.5, 0.6) is 0 Å². The van der Waals surface area contributed by atoms with Crippen LogP contribution in [0, 0.1) is 12.3 Å². The molecule has 5 nitrogen and oxygen atoms in total. The first kappa shape index (κ1) is 21.5. The maximum Gasteiger partial charge on any atom is 0.274 e. The van der Waals surface area contributed by atoms with Crippen molar-refractivity contribution in [1.82, 2.24) is 9.58 Å². The molecule has 1 aliphatic carbocycles. The fraction of sp³-hybridized carbons (Fsp3) is 0.357. The fourth-order valence-corrected chi connectivity index (χ4v) is 5.27. The Balaban J connectivity index is 1.75. The average Bonchev–Trinajstić information content (AvgIpc) is 2.94. The van der Waals surface area contributed by atoms with Crippen molar-refractivity contribution < 1.29 is 4.79 Å². The van der Waals surface area contributed by atoms with Crippen LogP contribution in [0.2, 0.25) is 0 Å². The van der Waals surface area contributed by atoms with E-state index in [1.165, 1.54) is 22.3 Å². The number of aromatic nitrogens is 1. The van der Waals surface area contributed by atoms with E-state index in [0.717, 1.165) is 12.8 Å². The van der Waals surface area contributed by atoms with E-state index < -0.39 is 0 Å². The molecule has 1 aromatic heterocycles. The Labute approximate surface area is 195 Å². The number of fused-ring (bicyclic) bond motifs is 3. The molecule has 0 N–H and O–H groups in total. The lowest BCUT2D eigenvalue weighted by Crippen LogP contribution is -2.57. The van der Waals surface area contributed by atoms with Crippen LogP contribution in [-0.4, -0.2) is 28.7 Å². The molecule has 0 unspecified atom stereocenters. The molecule has 2 aromatic carbocycles. The van der Waals surface area contributed by atoms with Crippen molar-refractivity contribution in [2.24, 2.45) is 5.41 Å². The second kappa shape index (κ2) is 7.91. The van der Waals surface area contributed by atoms with Crippen LogP contribution in [0.15, 0.2) is 65.6 Å². The second-order valence-corrected chi connectivity index (χ2v) is 10.4. The van der Waals surface area contributed by atoms with Crippen molar-refractivity contribution in [2.75, 3.05) is 18.2 Å². The standard InChI is InChI=1S/C28H31N3O2/c1-19-24(32)15-16-30-25(19)27(33)29(17-28(2,3)4)18-31(30)26-22-11-7-5-9-20(22)13-14-21-10-6-8-12-23(21)26/h5-12,15-16,26H,13-14,17-18H2,1-4H3. The van der Waals surface area contributed by atoms with Gasteiger partial charge in [0.15, 0.2) is 5.43 Å². The van der Waals surface area contributed by atoms with Crippen molar-refractivity contribution >= 4 is 5.91 Å². The number of pyridine rings is 1. The molecule has 2 heterocycles. The number of rotatable bonds is 2. The van der Waals surface area contributed by atoms with E-state index in [1.807, 2.05) is 9.58 Å². The summed E-state index contributed by atoms with van der Waals surface area (Å²) in [6, 6.07) is 18.8. The molecule has 0 spiro atoms. The molecule has 5 heteroatoms. The van der Waals surface area contributed by atoms with Crippen molar-refractivity contribution in [1.29, 1.82) is 0 Å². The van der Waals surface area contributed by atoms with Gasteiger partial charge in [-0.05, 0) is 47.4 Å². The molecule has 0 saturated heterocycles. The molecule has 33 heavy (non-hydrogen) atoms.